The molecule has 0 bridgehead atoms. The summed E-state index contributed by atoms with van der Waals surface area (Å²) in [6.45, 7) is 9.11. The highest BCUT2D eigenvalue weighted by atomic mass is 16.5. The average Bonchev–Trinajstić information content (AvgIpc) is 1.87. The van der Waals surface area contributed by atoms with E-state index in [4.69, 9.17) is 0 Å². The second kappa shape index (κ2) is 4.09. The van der Waals surface area contributed by atoms with E-state index in [9.17, 15) is 4.79 Å². The van der Waals surface area contributed by atoms with Gasteiger partial charge in [-0.2, -0.15) is 0 Å². The van der Waals surface area contributed by atoms with Gasteiger partial charge in [0.2, 0.25) is 0 Å². The molecule has 0 spiro atoms. The lowest BCUT2D eigenvalue weighted by Crippen LogP contribution is -2.17. The number of rotatable bonds is 3. The minimum Gasteiger partial charge on any atom is -0.435 e. The summed E-state index contributed by atoms with van der Waals surface area (Å²) >= 11 is 0. The molecule has 2 heteroatoms. The summed E-state index contributed by atoms with van der Waals surface area (Å²) in [5.41, 5.74) is 0. The van der Waals surface area contributed by atoms with Gasteiger partial charge in [-0.3, -0.25) is 4.79 Å². The van der Waals surface area contributed by atoms with E-state index in [-0.39, 0.29) is 11.9 Å². The zero-order valence-corrected chi connectivity index (χ0v) is 6.76. The second-order valence-corrected chi connectivity index (χ2v) is 2.64. The van der Waals surface area contributed by atoms with Crippen molar-refractivity contribution in [2.75, 3.05) is 0 Å². The number of carbonyl (C=O) groups excluding carboxylic acids is 1. The molecule has 0 saturated carbocycles. The monoisotopic (exact) mass is 142 g/mol. The maximum absolute atomic E-state index is 10.9. The van der Waals surface area contributed by atoms with Gasteiger partial charge in [-0.25, -0.2) is 0 Å². The predicted molar refractivity (Wildman–Crippen MR) is 40.3 cm³/mol. The summed E-state index contributed by atoms with van der Waals surface area (Å²) in [5.74, 6) is 0.0791. The van der Waals surface area contributed by atoms with E-state index in [1.54, 1.807) is 0 Å². The molecule has 0 saturated heterocycles. The zero-order valence-electron chi connectivity index (χ0n) is 6.76. The Bertz CT molecular complexity index is 127. The smallest absolute Gasteiger partial charge is 0.313 e. The molecule has 0 heterocycles. The molecular weight excluding hydrogens is 128 g/mol. The van der Waals surface area contributed by atoms with Crippen LogP contribution >= 0.6 is 0 Å². The number of hydrogen-bond acceptors (Lipinski definition) is 2. The molecule has 0 rings (SSSR count). The summed E-state index contributed by atoms with van der Waals surface area (Å²) in [5, 5.41) is 0. The molecule has 2 nitrogen and oxygen atoms in total. The molecule has 0 aromatic heterocycles. The van der Waals surface area contributed by atoms with E-state index in [0.717, 1.165) is 0 Å². The Morgan fingerprint density at radius 1 is 1.50 bits per heavy atom. The Labute approximate surface area is 61.9 Å². The fraction of sp³-hybridized carbons (Fsp3) is 0.625. The predicted octanol–water partition coefficient (Wildman–Crippen LogP) is 1.97. The topological polar surface area (TPSA) is 26.3 Å². The first-order chi connectivity index (χ1) is 4.59. The molecule has 0 aromatic carbocycles. The fourth-order valence-electron chi connectivity index (χ4n) is 0.462. The van der Waals surface area contributed by atoms with Gasteiger partial charge in [0.25, 0.3) is 0 Å². The molecule has 0 aliphatic rings. The van der Waals surface area contributed by atoms with Gasteiger partial charge in [0.1, 0.15) is 0 Å². The van der Waals surface area contributed by atoms with E-state index < -0.39 is 0 Å². The molecule has 1 unspecified atom stereocenters. The molecule has 0 N–H and O–H groups in total. The van der Waals surface area contributed by atoms with Crippen LogP contribution in [0.25, 0.3) is 0 Å². The molecular formula is C8H14O2. The highest BCUT2D eigenvalue weighted by Crippen LogP contribution is 2.10. The molecule has 10 heavy (non-hydrogen) atoms. The van der Waals surface area contributed by atoms with Crippen molar-refractivity contribution in [2.24, 2.45) is 11.8 Å². The third-order valence-electron chi connectivity index (χ3n) is 1.57. The number of ether oxygens (including phenoxy) is 1. The van der Waals surface area contributed by atoms with Crippen molar-refractivity contribution in [2.45, 2.75) is 20.8 Å². The molecule has 0 radical (unpaired) electrons. The van der Waals surface area contributed by atoms with Crippen LogP contribution in [0.3, 0.4) is 0 Å². The van der Waals surface area contributed by atoms with Gasteiger partial charge in [0.15, 0.2) is 0 Å². The van der Waals surface area contributed by atoms with E-state index in [0.29, 0.717) is 5.92 Å². The second-order valence-electron chi connectivity index (χ2n) is 2.64. The summed E-state index contributed by atoms with van der Waals surface area (Å²) in [7, 11) is 0. The fourth-order valence-corrected chi connectivity index (χ4v) is 0.462. The van der Waals surface area contributed by atoms with Crippen molar-refractivity contribution in [1.29, 1.82) is 0 Å². The standard InChI is InChI=1S/C8H14O2/c1-5-10-8(9)7(4)6(2)3/h5-7H,1H2,2-4H3. The van der Waals surface area contributed by atoms with Gasteiger partial charge < -0.3 is 4.74 Å². The number of carbonyl (C=O) groups is 1. The lowest BCUT2D eigenvalue weighted by atomic mass is 9.99. The van der Waals surface area contributed by atoms with Crippen molar-refractivity contribution in [1.82, 2.24) is 0 Å². The average molecular weight is 142 g/mol. The molecule has 0 fully saturated rings. The van der Waals surface area contributed by atoms with Gasteiger partial charge in [0, 0.05) is 0 Å². The SMILES string of the molecule is C=COC(=O)C(C)C(C)C. The minimum atomic E-state index is -0.204. The van der Waals surface area contributed by atoms with Crippen LogP contribution in [0.1, 0.15) is 20.8 Å². The minimum absolute atomic E-state index is 0.0435. The van der Waals surface area contributed by atoms with Crippen molar-refractivity contribution in [3.05, 3.63) is 12.8 Å². The molecule has 0 amide bonds. The summed E-state index contributed by atoms with van der Waals surface area (Å²) in [6, 6.07) is 0. The van der Waals surface area contributed by atoms with Crippen molar-refractivity contribution in [3.8, 4) is 0 Å². The normalized spacial score (nSPS) is 12.8. The Morgan fingerprint density at radius 3 is 2.30 bits per heavy atom. The summed E-state index contributed by atoms with van der Waals surface area (Å²) in [4.78, 5) is 10.9. The van der Waals surface area contributed by atoms with E-state index >= 15 is 0 Å². The number of hydrogen-bond donors (Lipinski definition) is 0. The van der Waals surface area contributed by atoms with Crippen LogP contribution in [-0.2, 0) is 9.53 Å². The number of esters is 1. The molecule has 58 valence electrons. The molecule has 0 aromatic rings. The van der Waals surface area contributed by atoms with Gasteiger partial charge in [-0.05, 0) is 5.92 Å². The third kappa shape index (κ3) is 2.67. The quantitative estimate of drug-likeness (QED) is 0.445. The largest absolute Gasteiger partial charge is 0.435 e. The maximum atomic E-state index is 10.9. The highest BCUT2D eigenvalue weighted by molar-refractivity contribution is 5.72. The van der Waals surface area contributed by atoms with Crippen LogP contribution < -0.4 is 0 Å². The molecule has 1 atom stereocenters. The summed E-state index contributed by atoms with van der Waals surface area (Å²) < 4.78 is 4.59. The van der Waals surface area contributed by atoms with E-state index in [2.05, 4.69) is 11.3 Å². The van der Waals surface area contributed by atoms with E-state index in [1.165, 1.54) is 6.26 Å². The zero-order chi connectivity index (χ0) is 8.15. The van der Waals surface area contributed by atoms with Crippen LogP contribution in [0.5, 0.6) is 0 Å². The van der Waals surface area contributed by atoms with Gasteiger partial charge >= 0.3 is 5.97 Å². The van der Waals surface area contributed by atoms with Crippen LogP contribution in [0.2, 0.25) is 0 Å². The lowest BCUT2D eigenvalue weighted by Gasteiger charge is -2.11. The van der Waals surface area contributed by atoms with Gasteiger partial charge in [-0.15, -0.1) is 0 Å². The third-order valence-corrected chi connectivity index (χ3v) is 1.57. The van der Waals surface area contributed by atoms with Crippen LogP contribution in [-0.4, -0.2) is 5.97 Å². The first-order valence-corrected chi connectivity index (χ1v) is 3.41. The van der Waals surface area contributed by atoms with Crippen LogP contribution in [0.15, 0.2) is 12.8 Å². The maximum Gasteiger partial charge on any atom is 0.313 e. The summed E-state index contributed by atoms with van der Waals surface area (Å²) in [6.07, 6.45) is 1.17. The van der Waals surface area contributed by atoms with Crippen molar-refractivity contribution >= 4 is 5.97 Å². The molecule has 0 aliphatic heterocycles. The van der Waals surface area contributed by atoms with E-state index in [1.807, 2.05) is 20.8 Å². The Balaban J connectivity index is 3.81. The van der Waals surface area contributed by atoms with Gasteiger partial charge in [0.05, 0.1) is 12.2 Å². The van der Waals surface area contributed by atoms with Crippen LogP contribution in [0, 0.1) is 11.8 Å². The van der Waals surface area contributed by atoms with Crippen molar-refractivity contribution in [3.63, 3.8) is 0 Å². The Hall–Kier alpha value is -0.790. The molecule has 0 aliphatic carbocycles. The van der Waals surface area contributed by atoms with Gasteiger partial charge in [-0.1, -0.05) is 27.4 Å². The highest BCUT2D eigenvalue weighted by Gasteiger charge is 2.16. The Kier molecular flexibility index (Phi) is 3.77. The van der Waals surface area contributed by atoms with Crippen LogP contribution in [0.4, 0.5) is 0 Å². The first kappa shape index (κ1) is 9.21. The Morgan fingerprint density at radius 2 is 2.00 bits per heavy atom. The first-order valence-electron chi connectivity index (χ1n) is 3.41. The lowest BCUT2D eigenvalue weighted by molar-refractivity contribution is -0.143. The van der Waals surface area contributed by atoms with Crippen molar-refractivity contribution < 1.29 is 9.53 Å².